The molecule has 0 saturated carbocycles. The summed E-state index contributed by atoms with van der Waals surface area (Å²) in [5, 5.41) is 12.2. The lowest BCUT2D eigenvalue weighted by Crippen LogP contribution is -2.27. The van der Waals surface area contributed by atoms with Crippen molar-refractivity contribution in [3.8, 4) is 11.8 Å². The molecule has 0 spiro atoms. The first-order valence-corrected chi connectivity index (χ1v) is 6.97. The Morgan fingerprint density at radius 2 is 2.14 bits per heavy atom. The molecule has 0 aliphatic heterocycles. The van der Waals surface area contributed by atoms with E-state index >= 15 is 0 Å². The van der Waals surface area contributed by atoms with Crippen molar-refractivity contribution in [2.24, 2.45) is 0 Å². The lowest BCUT2D eigenvalue weighted by Gasteiger charge is -2.26. The van der Waals surface area contributed by atoms with Gasteiger partial charge in [0.2, 0.25) is 11.6 Å². The highest BCUT2D eigenvalue weighted by Gasteiger charge is 2.19. The normalized spacial score (nSPS) is 12.0. The molecule has 0 aliphatic carbocycles. The lowest BCUT2D eigenvalue weighted by atomic mass is 10.0. The van der Waals surface area contributed by atoms with Crippen molar-refractivity contribution in [2.45, 2.75) is 13.0 Å². The van der Waals surface area contributed by atoms with Gasteiger partial charge in [0, 0.05) is 19.0 Å². The molecule has 116 valence electrons. The number of likely N-dealkylation sites (N-methyl/N-ethyl adjacent to an activating group) is 1. The summed E-state index contributed by atoms with van der Waals surface area (Å²) in [5.74, 6) is 1.71. The smallest absolute Gasteiger partial charge is 0.232 e. The predicted molar refractivity (Wildman–Crippen MR) is 83.9 cm³/mol. The van der Waals surface area contributed by atoms with Gasteiger partial charge in [0.05, 0.1) is 13.2 Å². The van der Waals surface area contributed by atoms with E-state index < -0.39 is 0 Å². The first-order valence-electron chi connectivity index (χ1n) is 6.97. The number of nitriles is 1. The molecule has 1 unspecified atom stereocenters. The summed E-state index contributed by atoms with van der Waals surface area (Å²) in [4.78, 5) is 6.11. The summed E-state index contributed by atoms with van der Waals surface area (Å²) in [5.41, 5.74) is 1.34. The number of hydrogen-bond acceptors (Lipinski definition) is 6. The number of hydrogen-bond donors (Lipinski definition) is 1. The zero-order chi connectivity index (χ0) is 16.1. The van der Waals surface area contributed by atoms with E-state index in [0.29, 0.717) is 18.3 Å². The van der Waals surface area contributed by atoms with E-state index in [0.717, 1.165) is 11.3 Å². The second-order valence-corrected chi connectivity index (χ2v) is 5.12. The topological polar surface area (TPSA) is 74.3 Å². The Labute approximate surface area is 130 Å². The van der Waals surface area contributed by atoms with Gasteiger partial charge >= 0.3 is 0 Å². The molecule has 0 aliphatic rings. The third-order valence-corrected chi connectivity index (χ3v) is 3.42. The highest BCUT2D eigenvalue weighted by Crippen LogP contribution is 2.28. The van der Waals surface area contributed by atoms with Crippen LogP contribution in [0.3, 0.4) is 0 Å². The van der Waals surface area contributed by atoms with Crippen molar-refractivity contribution in [2.75, 3.05) is 33.1 Å². The number of methoxy groups -OCH3 is 1. The SMILES string of the molecule is COc1ccccc1C(CNc1oc(C)nc1C#N)N(C)C. The first-order chi connectivity index (χ1) is 10.6. The maximum Gasteiger partial charge on any atom is 0.232 e. The molecule has 1 aromatic carbocycles. The highest BCUT2D eigenvalue weighted by molar-refractivity contribution is 5.46. The van der Waals surface area contributed by atoms with Gasteiger partial charge in [0.25, 0.3) is 0 Å². The molecule has 1 heterocycles. The fourth-order valence-corrected chi connectivity index (χ4v) is 2.32. The molecule has 1 atom stereocenters. The Morgan fingerprint density at radius 1 is 1.41 bits per heavy atom. The van der Waals surface area contributed by atoms with Crippen molar-refractivity contribution in [3.63, 3.8) is 0 Å². The van der Waals surface area contributed by atoms with Crippen molar-refractivity contribution < 1.29 is 9.15 Å². The monoisotopic (exact) mass is 300 g/mol. The molecule has 2 rings (SSSR count). The van der Waals surface area contributed by atoms with Crippen LogP contribution in [0.4, 0.5) is 5.88 Å². The number of aryl methyl sites for hydroxylation is 1. The zero-order valence-corrected chi connectivity index (χ0v) is 13.3. The van der Waals surface area contributed by atoms with E-state index in [-0.39, 0.29) is 11.7 Å². The number of ether oxygens (including phenoxy) is 1. The predicted octanol–water partition coefficient (Wildman–Crippen LogP) is 2.58. The summed E-state index contributed by atoms with van der Waals surface area (Å²) in [6.45, 7) is 2.28. The van der Waals surface area contributed by atoms with Crippen molar-refractivity contribution >= 4 is 5.88 Å². The zero-order valence-electron chi connectivity index (χ0n) is 13.3. The van der Waals surface area contributed by atoms with Crippen LogP contribution in [0, 0.1) is 18.3 Å². The van der Waals surface area contributed by atoms with Gasteiger partial charge in [-0.3, -0.25) is 0 Å². The Morgan fingerprint density at radius 3 is 2.77 bits per heavy atom. The standard InChI is InChI=1S/C16H20N4O2/c1-11-19-13(9-17)16(22-11)18-10-14(20(2)3)12-7-5-6-8-15(12)21-4/h5-8,14,18H,10H2,1-4H3. The maximum atomic E-state index is 9.06. The second kappa shape index (κ2) is 6.96. The Bertz CT molecular complexity index is 673. The van der Waals surface area contributed by atoms with Gasteiger partial charge in [-0.1, -0.05) is 18.2 Å². The molecular formula is C16H20N4O2. The fraction of sp³-hybridized carbons (Fsp3) is 0.375. The molecular weight excluding hydrogens is 280 g/mol. The molecule has 2 aromatic rings. The molecule has 0 amide bonds. The number of rotatable bonds is 6. The van der Waals surface area contributed by atoms with Crippen LogP contribution in [-0.4, -0.2) is 37.6 Å². The van der Waals surface area contributed by atoms with Crippen LogP contribution in [0.25, 0.3) is 0 Å². The average molecular weight is 300 g/mol. The first kappa shape index (κ1) is 15.9. The fourth-order valence-electron chi connectivity index (χ4n) is 2.32. The quantitative estimate of drug-likeness (QED) is 0.884. The van der Waals surface area contributed by atoms with Gasteiger partial charge in [0.15, 0.2) is 5.89 Å². The van der Waals surface area contributed by atoms with Crippen LogP contribution in [-0.2, 0) is 0 Å². The Kier molecular flexibility index (Phi) is 5.02. The third kappa shape index (κ3) is 3.38. The van der Waals surface area contributed by atoms with E-state index in [1.165, 1.54) is 0 Å². The number of oxazole rings is 1. The van der Waals surface area contributed by atoms with Gasteiger partial charge in [-0.15, -0.1) is 0 Å². The number of aromatic nitrogens is 1. The molecule has 6 nitrogen and oxygen atoms in total. The molecule has 22 heavy (non-hydrogen) atoms. The molecule has 0 bridgehead atoms. The molecule has 0 saturated heterocycles. The number of anilines is 1. The van der Waals surface area contributed by atoms with Gasteiger partial charge < -0.3 is 19.4 Å². The molecule has 6 heteroatoms. The van der Waals surface area contributed by atoms with Gasteiger partial charge in [0.1, 0.15) is 11.8 Å². The summed E-state index contributed by atoms with van der Waals surface area (Å²) < 4.78 is 10.9. The molecule has 0 fully saturated rings. The second-order valence-electron chi connectivity index (χ2n) is 5.12. The van der Waals surface area contributed by atoms with E-state index in [2.05, 4.69) is 15.2 Å². The minimum atomic E-state index is 0.0631. The Hall–Kier alpha value is -2.52. The largest absolute Gasteiger partial charge is 0.496 e. The van der Waals surface area contributed by atoms with E-state index in [1.54, 1.807) is 14.0 Å². The van der Waals surface area contributed by atoms with Gasteiger partial charge in [-0.05, 0) is 20.2 Å². The lowest BCUT2D eigenvalue weighted by molar-refractivity contribution is 0.298. The number of nitrogens with zero attached hydrogens (tertiary/aromatic N) is 3. The van der Waals surface area contributed by atoms with Crippen molar-refractivity contribution in [3.05, 3.63) is 41.4 Å². The number of benzene rings is 1. The van der Waals surface area contributed by atoms with Crippen LogP contribution in [0.15, 0.2) is 28.7 Å². The van der Waals surface area contributed by atoms with Gasteiger partial charge in [-0.2, -0.15) is 5.26 Å². The number of nitrogens with one attached hydrogen (secondary N) is 1. The van der Waals surface area contributed by atoms with Gasteiger partial charge in [-0.25, -0.2) is 4.98 Å². The third-order valence-electron chi connectivity index (χ3n) is 3.42. The average Bonchev–Trinajstić information content (AvgIpc) is 2.87. The summed E-state index contributed by atoms with van der Waals surface area (Å²) in [6, 6.07) is 9.97. The van der Waals surface area contributed by atoms with E-state index in [9.17, 15) is 0 Å². The summed E-state index contributed by atoms with van der Waals surface area (Å²) >= 11 is 0. The van der Waals surface area contributed by atoms with Crippen LogP contribution < -0.4 is 10.1 Å². The van der Waals surface area contributed by atoms with E-state index in [4.69, 9.17) is 14.4 Å². The minimum absolute atomic E-state index is 0.0631. The molecule has 1 aromatic heterocycles. The summed E-state index contributed by atoms with van der Waals surface area (Å²) in [7, 11) is 5.65. The molecule has 1 N–H and O–H groups in total. The van der Waals surface area contributed by atoms with Crippen LogP contribution in [0.2, 0.25) is 0 Å². The van der Waals surface area contributed by atoms with Crippen molar-refractivity contribution in [1.29, 1.82) is 5.26 Å². The van der Waals surface area contributed by atoms with Crippen molar-refractivity contribution in [1.82, 2.24) is 9.88 Å². The Balaban J connectivity index is 2.21. The van der Waals surface area contributed by atoms with E-state index in [1.807, 2.05) is 44.4 Å². The number of para-hydroxylation sites is 1. The summed E-state index contributed by atoms with van der Waals surface area (Å²) in [6.07, 6.45) is 0. The minimum Gasteiger partial charge on any atom is -0.496 e. The van der Waals surface area contributed by atoms with Crippen LogP contribution in [0.5, 0.6) is 5.75 Å². The van der Waals surface area contributed by atoms with Crippen LogP contribution in [0.1, 0.15) is 23.2 Å². The van der Waals surface area contributed by atoms with Crippen LogP contribution >= 0.6 is 0 Å². The molecule has 0 radical (unpaired) electrons. The maximum absolute atomic E-state index is 9.06. The highest BCUT2D eigenvalue weighted by atomic mass is 16.5.